The van der Waals surface area contributed by atoms with E-state index < -0.39 is 0 Å². The van der Waals surface area contributed by atoms with Gasteiger partial charge in [-0.15, -0.1) is 10.2 Å². The van der Waals surface area contributed by atoms with Crippen LogP contribution in [0.15, 0.2) is 53.5 Å². The Hall–Kier alpha value is -3.02. The quantitative estimate of drug-likeness (QED) is 0.566. The van der Waals surface area contributed by atoms with Crippen molar-refractivity contribution in [3.63, 3.8) is 0 Å². The second kappa shape index (κ2) is 3.99. The van der Waals surface area contributed by atoms with Crippen molar-refractivity contribution >= 4 is 16.7 Å². The molecule has 3 aromatic heterocycles. The summed E-state index contributed by atoms with van der Waals surface area (Å²) in [6.07, 6.45) is 1.58. The van der Waals surface area contributed by atoms with Crippen LogP contribution < -0.4 is 5.56 Å². The molecule has 0 atom stereocenters. The summed E-state index contributed by atoms with van der Waals surface area (Å²) in [4.78, 5) is 14.3. The molecule has 1 aromatic carbocycles. The van der Waals surface area contributed by atoms with Crippen molar-refractivity contribution < 1.29 is 0 Å². The second-order valence-corrected chi connectivity index (χ2v) is 4.41. The van der Waals surface area contributed by atoms with Gasteiger partial charge in [-0.25, -0.2) is 4.52 Å². The fourth-order valence-corrected chi connectivity index (χ4v) is 2.20. The highest BCUT2D eigenvalue weighted by Gasteiger charge is 2.10. The number of rotatable bonds is 1. The van der Waals surface area contributed by atoms with E-state index >= 15 is 0 Å². The fourth-order valence-electron chi connectivity index (χ4n) is 2.20. The van der Waals surface area contributed by atoms with Gasteiger partial charge in [0.1, 0.15) is 5.52 Å². The normalized spacial score (nSPS) is 11.2. The molecule has 1 N–H and O–H groups in total. The Kier molecular flexibility index (Phi) is 2.17. The van der Waals surface area contributed by atoms with Gasteiger partial charge in [0.05, 0.1) is 5.69 Å². The van der Waals surface area contributed by atoms with Crippen LogP contribution in [0.5, 0.6) is 0 Å². The van der Waals surface area contributed by atoms with Crippen LogP contribution in [0.4, 0.5) is 0 Å². The highest BCUT2D eigenvalue weighted by Crippen LogP contribution is 2.19. The van der Waals surface area contributed by atoms with Gasteiger partial charge in [-0.1, -0.05) is 30.3 Å². The van der Waals surface area contributed by atoms with Crippen molar-refractivity contribution in [1.82, 2.24) is 24.8 Å². The first kappa shape index (κ1) is 10.9. The first-order valence-electron chi connectivity index (χ1n) is 6.12. The summed E-state index contributed by atoms with van der Waals surface area (Å²) < 4.78 is 1.64. The molecule has 4 rings (SSSR count). The average Bonchev–Trinajstić information content (AvgIpc) is 2.93. The van der Waals surface area contributed by atoms with Gasteiger partial charge >= 0.3 is 0 Å². The molecule has 96 valence electrons. The van der Waals surface area contributed by atoms with Crippen LogP contribution in [-0.2, 0) is 0 Å². The molecule has 3 heterocycles. The lowest BCUT2D eigenvalue weighted by Crippen LogP contribution is -2.10. The van der Waals surface area contributed by atoms with Crippen LogP contribution in [0.25, 0.3) is 27.9 Å². The zero-order chi connectivity index (χ0) is 13.5. The van der Waals surface area contributed by atoms with Crippen molar-refractivity contribution in [2.45, 2.75) is 0 Å². The highest BCUT2D eigenvalue weighted by molar-refractivity contribution is 5.76. The predicted molar refractivity (Wildman–Crippen MR) is 74.3 cm³/mol. The minimum absolute atomic E-state index is 0.270. The lowest BCUT2D eigenvalue weighted by Gasteiger charge is -1.97. The minimum atomic E-state index is -0.270. The third kappa shape index (κ3) is 1.51. The number of aromatic amines is 1. The van der Waals surface area contributed by atoms with Gasteiger partial charge in [0.25, 0.3) is 5.56 Å². The van der Waals surface area contributed by atoms with E-state index in [1.165, 1.54) is 0 Å². The van der Waals surface area contributed by atoms with E-state index in [2.05, 4.69) is 20.3 Å². The Morgan fingerprint density at radius 3 is 2.75 bits per heavy atom. The number of aromatic nitrogens is 5. The molecule has 0 saturated carbocycles. The molecule has 0 bridgehead atoms. The maximum Gasteiger partial charge on any atom is 0.277 e. The Labute approximate surface area is 112 Å². The molecule has 4 aromatic rings. The van der Waals surface area contributed by atoms with Gasteiger partial charge in [0.15, 0.2) is 11.2 Å². The van der Waals surface area contributed by atoms with Crippen LogP contribution in [0, 0.1) is 0 Å². The molecule has 20 heavy (non-hydrogen) atoms. The number of fused-ring (bicyclic) bond motifs is 3. The number of nitrogens with one attached hydrogen (secondary N) is 1. The molecule has 0 saturated heterocycles. The van der Waals surface area contributed by atoms with E-state index in [1.807, 2.05) is 36.4 Å². The van der Waals surface area contributed by atoms with E-state index in [-0.39, 0.29) is 11.1 Å². The summed E-state index contributed by atoms with van der Waals surface area (Å²) in [5.41, 5.74) is 3.06. The maximum atomic E-state index is 11.7. The zero-order valence-electron chi connectivity index (χ0n) is 10.3. The summed E-state index contributed by atoms with van der Waals surface area (Å²) in [5, 5.41) is 12.5. The number of hydrogen-bond donors (Lipinski definition) is 1. The predicted octanol–water partition coefficient (Wildman–Crippen LogP) is 1.63. The molecule has 0 aliphatic carbocycles. The first-order valence-corrected chi connectivity index (χ1v) is 6.12. The maximum absolute atomic E-state index is 11.7. The Morgan fingerprint density at radius 2 is 1.90 bits per heavy atom. The largest absolute Gasteiger partial charge is 0.327 e. The lowest BCUT2D eigenvalue weighted by atomic mass is 10.2. The second-order valence-electron chi connectivity index (χ2n) is 4.41. The van der Waals surface area contributed by atoms with Gasteiger partial charge in [-0.05, 0) is 6.07 Å². The fraction of sp³-hybridized carbons (Fsp3) is 0. The van der Waals surface area contributed by atoms with Crippen LogP contribution in [0.3, 0.4) is 0 Å². The zero-order valence-corrected chi connectivity index (χ0v) is 10.3. The third-order valence-electron chi connectivity index (χ3n) is 3.15. The van der Waals surface area contributed by atoms with Gasteiger partial charge in [0, 0.05) is 17.8 Å². The summed E-state index contributed by atoms with van der Waals surface area (Å²) in [7, 11) is 0. The lowest BCUT2D eigenvalue weighted by molar-refractivity contribution is 0.938. The average molecular weight is 263 g/mol. The molecule has 6 nitrogen and oxygen atoms in total. The van der Waals surface area contributed by atoms with Crippen molar-refractivity contribution in [3.8, 4) is 11.3 Å². The number of hydrogen-bond acceptors (Lipinski definition) is 4. The van der Waals surface area contributed by atoms with E-state index in [9.17, 15) is 4.79 Å². The smallest absolute Gasteiger partial charge is 0.277 e. The summed E-state index contributed by atoms with van der Waals surface area (Å²) in [6, 6.07) is 13.4. The van der Waals surface area contributed by atoms with Gasteiger partial charge < -0.3 is 4.98 Å². The molecule has 0 spiro atoms. The summed E-state index contributed by atoms with van der Waals surface area (Å²) in [5.74, 6) is 0. The number of pyridine rings is 1. The molecule has 0 unspecified atom stereocenters. The van der Waals surface area contributed by atoms with E-state index in [1.54, 1.807) is 16.8 Å². The molecule has 6 heteroatoms. The number of nitrogens with zero attached hydrogens (tertiary/aromatic N) is 4. The summed E-state index contributed by atoms with van der Waals surface area (Å²) in [6.45, 7) is 0. The van der Waals surface area contributed by atoms with Crippen molar-refractivity contribution in [2.75, 3.05) is 0 Å². The van der Waals surface area contributed by atoms with E-state index in [4.69, 9.17) is 0 Å². The summed E-state index contributed by atoms with van der Waals surface area (Å²) >= 11 is 0. The van der Waals surface area contributed by atoms with E-state index in [0.717, 1.165) is 11.3 Å². The van der Waals surface area contributed by atoms with Crippen molar-refractivity contribution in [2.24, 2.45) is 0 Å². The van der Waals surface area contributed by atoms with Gasteiger partial charge in [0.2, 0.25) is 0 Å². The minimum Gasteiger partial charge on any atom is -0.327 e. The Morgan fingerprint density at radius 1 is 1.05 bits per heavy atom. The molecule has 0 aliphatic rings. The van der Waals surface area contributed by atoms with Crippen LogP contribution >= 0.6 is 0 Å². The molecular weight excluding hydrogens is 254 g/mol. The van der Waals surface area contributed by atoms with Crippen LogP contribution in [-0.4, -0.2) is 24.8 Å². The molecule has 0 aliphatic heterocycles. The van der Waals surface area contributed by atoms with Crippen molar-refractivity contribution in [3.05, 3.63) is 59.0 Å². The first-order chi connectivity index (χ1) is 9.83. The van der Waals surface area contributed by atoms with E-state index in [0.29, 0.717) is 11.2 Å². The van der Waals surface area contributed by atoms with Crippen LogP contribution in [0.1, 0.15) is 0 Å². The standard InChI is InChI=1S/C14H9N5O/c20-14-13-11(6-7-15-14)19-12(16-17-13)8-10(18-19)9-4-2-1-3-5-9/h1-8H,(H,15,20). The molecule has 0 amide bonds. The highest BCUT2D eigenvalue weighted by atomic mass is 16.1. The monoisotopic (exact) mass is 263 g/mol. The number of benzene rings is 1. The van der Waals surface area contributed by atoms with Gasteiger partial charge in [-0.2, -0.15) is 5.10 Å². The Bertz CT molecular complexity index is 971. The SMILES string of the molecule is O=c1[nH]ccc2c1nnc1cc(-c3ccccc3)nn12. The topological polar surface area (TPSA) is 75.9 Å². The van der Waals surface area contributed by atoms with Crippen LogP contribution in [0.2, 0.25) is 0 Å². The van der Waals surface area contributed by atoms with Crippen molar-refractivity contribution in [1.29, 1.82) is 0 Å². The number of H-pyrrole nitrogens is 1. The molecular formula is C14H9N5O. The Balaban J connectivity index is 2.07. The van der Waals surface area contributed by atoms with Gasteiger partial charge in [-0.3, -0.25) is 4.79 Å². The molecule has 0 fully saturated rings. The molecule has 0 radical (unpaired) electrons. The third-order valence-corrected chi connectivity index (χ3v) is 3.15.